The van der Waals surface area contributed by atoms with Crippen molar-refractivity contribution < 1.29 is 23.9 Å². The lowest BCUT2D eigenvalue weighted by Crippen LogP contribution is -2.18. The molecule has 0 fully saturated rings. The van der Waals surface area contributed by atoms with E-state index in [1.54, 1.807) is 12.1 Å². The van der Waals surface area contributed by atoms with Crippen LogP contribution in [0.2, 0.25) is 0 Å². The lowest BCUT2D eigenvalue weighted by Gasteiger charge is -2.08. The summed E-state index contributed by atoms with van der Waals surface area (Å²) in [4.78, 5) is 21.5. The van der Waals surface area contributed by atoms with Crippen molar-refractivity contribution in [2.24, 2.45) is 0 Å². The van der Waals surface area contributed by atoms with E-state index >= 15 is 0 Å². The Morgan fingerprint density at radius 1 is 0.958 bits per heavy atom. The Labute approximate surface area is 146 Å². The first-order chi connectivity index (χ1) is 11.5. The monoisotopic (exact) mass is 395 g/mol. The van der Waals surface area contributed by atoms with Crippen LogP contribution >= 0.6 is 15.9 Å². The SMILES string of the molecule is O=C(COc1ccc([N+](=O)[O-])cc1)OCCOc1ccc(Br)cc1. The Kier molecular flexibility index (Phi) is 6.56. The number of nitro groups is 1. The van der Waals surface area contributed by atoms with Crippen molar-refractivity contribution in [2.75, 3.05) is 19.8 Å². The number of non-ortho nitro benzene ring substituents is 1. The molecule has 0 aliphatic carbocycles. The summed E-state index contributed by atoms with van der Waals surface area (Å²) in [7, 11) is 0. The van der Waals surface area contributed by atoms with E-state index in [0.29, 0.717) is 11.5 Å². The molecule has 126 valence electrons. The summed E-state index contributed by atoms with van der Waals surface area (Å²) in [6.07, 6.45) is 0. The molecular formula is C16H14BrNO6. The third-order valence-electron chi connectivity index (χ3n) is 2.83. The number of halogens is 1. The largest absolute Gasteiger partial charge is 0.490 e. The average Bonchev–Trinajstić information content (AvgIpc) is 2.59. The van der Waals surface area contributed by atoms with Gasteiger partial charge in [-0.05, 0) is 36.4 Å². The molecule has 2 aromatic carbocycles. The van der Waals surface area contributed by atoms with Gasteiger partial charge >= 0.3 is 5.97 Å². The highest BCUT2D eigenvalue weighted by atomic mass is 79.9. The van der Waals surface area contributed by atoms with Crippen molar-refractivity contribution in [1.29, 1.82) is 0 Å². The fourth-order valence-electron chi connectivity index (χ4n) is 1.69. The molecule has 0 aliphatic heterocycles. The van der Waals surface area contributed by atoms with Crippen LogP contribution in [0.1, 0.15) is 0 Å². The Bertz CT molecular complexity index is 687. The van der Waals surface area contributed by atoms with Gasteiger partial charge in [0.05, 0.1) is 4.92 Å². The van der Waals surface area contributed by atoms with Crippen molar-refractivity contribution in [3.8, 4) is 11.5 Å². The van der Waals surface area contributed by atoms with E-state index in [1.807, 2.05) is 12.1 Å². The average molecular weight is 396 g/mol. The fourth-order valence-corrected chi connectivity index (χ4v) is 1.96. The highest BCUT2D eigenvalue weighted by molar-refractivity contribution is 9.10. The van der Waals surface area contributed by atoms with Gasteiger partial charge in [0.2, 0.25) is 0 Å². The van der Waals surface area contributed by atoms with Crippen molar-refractivity contribution in [2.45, 2.75) is 0 Å². The summed E-state index contributed by atoms with van der Waals surface area (Å²) in [6, 6.07) is 12.7. The van der Waals surface area contributed by atoms with E-state index in [4.69, 9.17) is 14.2 Å². The smallest absolute Gasteiger partial charge is 0.344 e. The van der Waals surface area contributed by atoms with Crippen molar-refractivity contribution in [3.05, 3.63) is 63.1 Å². The zero-order valence-corrected chi connectivity index (χ0v) is 14.1. The summed E-state index contributed by atoms with van der Waals surface area (Å²) < 4.78 is 16.5. The molecule has 0 N–H and O–H groups in total. The molecule has 0 heterocycles. The predicted octanol–water partition coefficient (Wildman–Crippen LogP) is 3.36. The number of rotatable bonds is 8. The predicted molar refractivity (Wildman–Crippen MR) is 89.2 cm³/mol. The van der Waals surface area contributed by atoms with Crippen LogP contribution in [-0.2, 0) is 9.53 Å². The van der Waals surface area contributed by atoms with E-state index < -0.39 is 10.9 Å². The zero-order chi connectivity index (χ0) is 17.4. The Morgan fingerprint density at radius 3 is 2.17 bits per heavy atom. The van der Waals surface area contributed by atoms with Gasteiger partial charge in [0.1, 0.15) is 24.7 Å². The molecule has 2 rings (SSSR count). The maximum Gasteiger partial charge on any atom is 0.344 e. The maximum absolute atomic E-state index is 11.5. The van der Waals surface area contributed by atoms with Crippen LogP contribution in [0.25, 0.3) is 0 Å². The molecule has 0 atom stereocenters. The van der Waals surface area contributed by atoms with Gasteiger partial charge in [-0.25, -0.2) is 4.79 Å². The van der Waals surface area contributed by atoms with Gasteiger partial charge in [0, 0.05) is 16.6 Å². The van der Waals surface area contributed by atoms with Gasteiger partial charge < -0.3 is 14.2 Å². The first kappa shape index (κ1) is 17.7. The summed E-state index contributed by atoms with van der Waals surface area (Å²) >= 11 is 3.32. The van der Waals surface area contributed by atoms with E-state index in [1.165, 1.54) is 24.3 Å². The van der Waals surface area contributed by atoms with Crippen LogP contribution in [0.4, 0.5) is 5.69 Å². The van der Waals surface area contributed by atoms with Crippen molar-refractivity contribution >= 4 is 27.6 Å². The van der Waals surface area contributed by atoms with Gasteiger partial charge in [-0.1, -0.05) is 15.9 Å². The second-order valence-corrected chi connectivity index (χ2v) is 5.48. The molecule has 0 saturated heterocycles. The highest BCUT2D eigenvalue weighted by Gasteiger charge is 2.07. The summed E-state index contributed by atoms with van der Waals surface area (Å²) in [5.74, 6) is 0.479. The topological polar surface area (TPSA) is 87.9 Å². The maximum atomic E-state index is 11.5. The third-order valence-corrected chi connectivity index (χ3v) is 3.36. The lowest BCUT2D eigenvalue weighted by atomic mass is 10.3. The summed E-state index contributed by atoms with van der Waals surface area (Å²) in [5, 5.41) is 10.5. The lowest BCUT2D eigenvalue weighted by molar-refractivity contribution is -0.384. The molecule has 0 radical (unpaired) electrons. The van der Waals surface area contributed by atoms with Gasteiger partial charge in [0.25, 0.3) is 5.69 Å². The molecule has 7 nitrogen and oxygen atoms in total. The van der Waals surface area contributed by atoms with Crippen LogP contribution in [0.15, 0.2) is 53.0 Å². The van der Waals surface area contributed by atoms with Crippen LogP contribution in [0, 0.1) is 10.1 Å². The number of benzene rings is 2. The normalized spacial score (nSPS) is 10.0. The number of esters is 1. The first-order valence-corrected chi connectivity index (χ1v) is 7.75. The van der Waals surface area contributed by atoms with E-state index in [2.05, 4.69) is 15.9 Å². The number of hydrogen-bond donors (Lipinski definition) is 0. The van der Waals surface area contributed by atoms with Crippen molar-refractivity contribution in [3.63, 3.8) is 0 Å². The number of nitro benzene ring substituents is 1. The van der Waals surface area contributed by atoms with Crippen LogP contribution in [0.5, 0.6) is 11.5 Å². The van der Waals surface area contributed by atoms with Crippen molar-refractivity contribution in [1.82, 2.24) is 0 Å². The van der Waals surface area contributed by atoms with Crippen LogP contribution in [0.3, 0.4) is 0 Å². The standard InChI is InChI=1S/C16H14BrNO6/c17-12-1-5-14(6-2-12)22-9-10-23-16(19)11-24-15-7-3-13(4-8-15)18(20)21/h1-8H,9-11H2. The molecule has 0 bridgehead atoms. The molecule has 24 heavy (non-hydrogen) atoms. The van der Waals surface area contributed by atoms with Gasteiger partial charge in [0.15, 0.2) is 6.61 Å². The Balaban J connectivity index is 1.64. The minimum Gasteiger partial charge on any atom is -0.490 e. The number of carbonyl (C=O) groups excluding carboxylic acids is 1. The molecule has 0 aliphatic rings. The fraction of sp³-hybridized carbons (Fsp3) is 0.188. The molecule has 0 saturated carbocycles. The van der Waals surface area contributed by atoms with Gasteiger partial charge in [-0.15, -0.1) is 0 Å². The van der Waals surface area contributed by atoms with Gasteiger partial charge in [-0.3, -0.25) is 10.1 Å². The molecule has 0 amide bonds. The third kappa shape index (κ3) is 5.88. The number of carbonyl (C=O) groups is 1. The first-order valence-electron chi connectivity index (χ1n) is 6.96. The minimum absolute atomic E-state index is 0.0463. The molecule has 0 unspecified atom stereocenters. The summed E-state index contributed by atoms with van der Waals surface area (Å²) in [6.45, 7) is 0.0412. The Morgan fingerprint density at radius 2 is 1.54 bits per heavy atom. The number of ether oxygens (including phenoxy) is 3. The number of hydrogen-bond acceptors (Lipinski definition) is 6. The van der Waals surface area contributed by atoms with E-state index in [9.17, 15) is 14.9 Å². The summed E-state index contributed by atoms with van der Waals surface area (Å²) in [5.41, 5.74) is -0.0463. The molecule has 8 heteroatoms. The molecule has 2 aromatic rings. The quantitative estimate of drug-likeness (QED) is 0.294. The second-order valence-electron chi connectivity index (χ2n) is 4.56. The zero-order valence-electron chi connectivity index (χ0n) is 12.5. The molecule has 0 spiro atoms. The second kappa shape index (κ2) is 8.88. The Hall–Kier alpha value is -2.61. The van der Waals surface area contributed by atoms with Gasteiger partial charge in [-0.2, -0.15) is 0 Å². The molecule has 0 aromatic heterocycles. The van der Waals surface area contributed by atoms with E-state index in [-0.39, 0.29) is 25.5 Å². The minimum atomic E-state index is -0.548. The van der Waals surface area contributed by atoms with Crippen LogP contribution < -0.4 is 9.47 Å². The highest BCUT2D eigenvalue weighted by Crippen LogP contribution is 2.17. The van der Waals surface area contributed by atoms with Crippen LogP contribution in [-0.4, -0.2) is 30.7 Å². The van der Waals surface area contributed by atoms with E-state index in [0.717, 1.165) is 4.47 Å². The number of nitrogens with zero attached hydrogens (tertiary/aromatic N) is 1. The molecular weight excluding hydrogens is 382 g/mol.